The number of benzene rings is 3. The van der Waals surface area contributed by atoms with Gasteiger partial charge in [-0.15, -0.1) is 0 Å². The Kier molecular flexibility index (Phi) is 5.97. The Hall–Kier alpha value is -1.86. The van der Waals surface area contributed by atoms with Crippen molar-refractivity contribution in [1.82, 2.24) is 10.6 Å². The second-order valence-corrected chi connectivity index (χ2v) is 8.90. The first kappa shape index (κ1) is 20.4. The highest BCUT2D eigenvalue weighted by molar-refractivity contribution is 9.10. The molecule has 1 aliphatic heterocycles. The van der Waals surface area contributed by atoms with Gasteiger partial charge in [0, 0.05) is 20.8 Å². The summed E-state index contributed by atoms with van der Waals surface area (Å²) in [7, 11) is 0. The Morgan fingerprint density at radius 3 is 2.59 bits per heavy atom. The van der Waals surface area contributed by atoms with E-state index in [0.717, 1.165) is 21.3 Å². The lowest BCUT2D eigenvalue weighted by molar-refractivity contribution is 0.418. The van der Waals surface area contributed by atoms with Crippen molar-refractivity contribution in [3.8, 4) is 5.75 Å². The van der Waals surface area contributed by atoms with Crippen LogP contribution in [0, 0.1) is 5.82 Å². The molecular weight excluding hydrogens is 523 g/mol. The topological polar surface area (TPSA) is 44.3 Å². The van der Waals surface area contributed by atoms with Crippen molar-refractivity contribution in [3.63, 3.8) is 0 Å². The number of rotatable bonds is 3. The average molecular weight is 539 g/mol. The van der Waals surface area contributed by atoms with Crippen LogP contribution in [-0.4, -0.2) is 5.11 Å². The maximum atomic E-state index is 13.7. The lowest BCUT2D eigenvalue weighted by Crippen LogP contribution is -2.39. The fourth-order valence-corrected chi connectivity index (χ4v) is 4.28. The molecule has 3 aromatic rings. The summed E-state index contributed by atoms with van der Waals surface area (Å²) < 4.78 is 15.1. The summed E-state index contributed by atoms with van der Waals surface area (Å²) in [5, 5.41) is 17.9. The molecule has 0 aliphatic carbocycles. The van der Waals surface area contributed by atoms with Crippen molar-refractivity contribution < 1.29 is 9.50 Å². The molecule has 2 unspecified atom stereocenters. The minimum absolute atomic E-state index is 0.151. The zero-order valence-corrected chi connectivity index (χ0v) is 18.9. The van der Waals surface area contributed by atoms with Crippen LogP contribution >= 0.6 is 43.5 Å². The number of halogens is 4. The number of phenols is 1. The molecule has 0 radical (unpaired) electrons. The highest BCUT2D eigenvalue weighted by atomic mass is 79.9. The highest BCUT2D eigenvalue weighted by Gasteiger charge is 2.26. The van der Waals surface area contributed by atoms with Crippen molar-refractivity contribution >= 4 is 49.2 Å². The van der Waals surface area contributed by atoms with E-state index in [4.69, 9.17) is 11.6 Å². The maximum Gasteiger partial charge on any atom is 0.137 e. The molecule has 0 aromatic heterocycles. The highest BCUT2D eigenvalue weighted by Crippen LogP contribution is 2.35. The molecule has 0 saturated carbocycles. The van der Waals surface area contributed by atoms with Crippen molar-refractivity contribution in [3.05, 3.63) is 103 Å². The van der Waals surface area contributed by atoms with E-state index >= 15 is 0 Å². The molecule has 0 saturated heterocycles. The van der Waals surface area contributed by atoms with Crippen LogP contribution in [0.25, 0.3) is 5.70 Å². The van der Waals surface area contributed by atoms with Crippen LogP contribution < -0.4 is 10.6 Å². The second-order valence-electron chi connectivity index (χ2n) is 6.69. The Bertz CT molecular complexity index is 1110. The van der Waals surface area contributed by atoms with Gasteiger partial charge in [0.25, 0.3) is 0 Å². The minimum Gasteiger partial charge on any atom is -0.508 e. The summed E-state index contributed by atoms with van der Waals surface area (Å²) in [6, 6.07) is 17.5. The van der Waals surface area contributed by atoms with Gasteiger partial charge in [-0.1, -0.05) is 45.7 Å². The zero-order valence-electron chi connectivity index (χ0n) is 15.0. The van der Waals surface area contributed by atoms with Crippen molar-refractivity contribution in [1.29, 1.82) is 0 Å². The SMILES string of the molecule is Oc1ccc(Cl)cc1C1C=C(c2cccc(Br)c2)NC(c2ccc(F)c(Br)c2)N1. The van der Waals surface area contributed by atoms with Crippen LogP contribution in [-0.2, 0) is 0 Å². The Balaban J connectivity index is 1.79. The van der Waals surface area contributed by atoms with Crippen LogP contribution in [0.15, 0.2) is 75.7 Å². The fourth-order valence-electron chi connectivity index (χ4n) is 3.30. The Labute approximate surface area is 189 Å². The van der Waals surface area contributed by atoms with E-state index in [1.807, 2.05) is 30.3 Å². The number of hydrogen-bond donors (Lipinski definition) is 3. The van der Waals surface area contributed by atoms with E-state index in [2.05, 4.69) is 42.5 Å². The normalized spacial score (nSPS) is 18.8. The molecule has 0 fully saturated rings. The molecule has 1 aliphatic rings. The number of aromatic hydroxyl groups is 1. The fraction of sp³-hybridized carbons (Fsp3) is 0.0909. The van der Waals surface area contributed by atoms with Gasteiger partial charge in [0.05, 0.1) is 10.5 Å². The van der Waals surface area contributed by atoms with E-state index in [9.17, 15) is 9.50 Å². The van der Waals surface area contributed by atoms with Gasteiger partial charge < -0.3 is 10.4 Å². The predicted octanol–water partition coefficient (Wildman–Crippen LogP) is 6.68. The summed E-state index contributed by atoms with van der Waals surface area (Å²) in [6.07, 6.45) is 1.69. The number of hydrogen-bond acceptors (Lipinski definition) is 3. The third kappa shape index (κ3) is 4.51. The Morgan fingerprint density at radius 1 is 1.00 bits per heavy atom. The van der Waals surface area contributed by atoms with E-state index in [-0.39, 0.29) is 23.8 Å². The first-order chi connectivity index (χ1) is 13.9. The molecule has 3 aromatic carbocycles. The van der Waals surface area contributed by atoms with Gasteiger partial charge in [-0.2, -0.15) is 0 Å². The van der Waals surface area contributed by atoms with Gasteiger partial charge in [-0.05, 0) is 75.6 Å². The van der Waals surface area contributed by atoms with Gasteiger partial charge in [0.2, 0.25) is 0 Å². The van der Waals surface area contributed by atoms with Gasteiger partial charge in [0.1, 0.15) is 17.7 Å². The van der Waals surface area contributed by atoms with Crippen molar-refractivity contribution in [2.24, 2.45) is 0 Å². The van der Waals surface area contributed by atoms with Gasteiger partial charge in [0.15, 0.2) is 0 Å². The molecule has 7 heteroatoms. The quantitative estimate of drug-likeness (QED) is 0.349. The van der Waals surface area contributed by atoms with E-state index < -0.39 is 0 Å². The van der Waals surface area contributed by atoms with Gasteiger partial charge in [-0.3, -0.25) is 5.32 Å². The second kappa shape index (κ2) is 8.48. The molecule has 2 atom stereocenters. The summed E-state index contributed by atoms with van der Waals surface area (Å²) in [6.45, 7) is 0. The van der Waals surface area contributed by atoms with Crippen LogP contribution in [0.3, 0.4) is 0 Å². The smallest absolute Gasteiger partial charge is 0.137 e. The largest absolute Gasteiger partial charge is 0.508 e. The molecule has 29 heavy (non-hydrogen) atoms. The Morgan fingerprint density at radius 2 is 1.83 bits per heavy atom. The van der Waals surface area contributed by atoms with E-state index in [1.165, 1.54) is 6.07 Å². The molecule has 3 N–H and O–H groups in total. The number of phenolic OH excluding ortho intramolecular Hbond substituents is 1. The van der Waals surface area contributed by atoms with Crippen molar-refractivity contribution in [2.75, 3.05) is 0 Å². The summed E-state index contributed by atoms with van der Waals surface area (Å²) in [5.41, 5.74) is 3.39. The standard InChI is InChI=1S/C22H16Br2ClFN2O/c23-14-3-1-2-12(8-14)19-11-20(16-10-15(25)5-7-21(16)29)28-22(27-19)13-4-6-18(26)17(24)9-13/h1-11,20,22,27-29H. The average Bonchev–Trinajstić information content (AvgIpc) is 2.71. The van der Waals surface area contributed by atoms with Crippen LogP contribution in [0.5, 0.6) is 5.75 Å². The maximum absolute atomic E-state index is 13.7. The molecule has 148 valence electrons. The zero-order chi connectivity index (χ0) is 20.5. The molecule has 0 amide bonds. The van der Waals surface area contributed by atoms with Crippen LogP contribution in [0.1, 0.15) is 28.9 Å². The minimum atomic E-state index is -0.323. The summed E-state index contributed by atoms with van der Waals surface area (Å²) in [5.74, 6) is -0.172. The monoisotopic (exact) mass is 536 g/mol. The van der Waals surface area contributed by atoms with Crippen molar-refractivity contribution in [2.45, 2.75) is 12.2 Å². The molecular formula is C22H16Br2ClFN2O. The first-order valence-electron chi connectivity index (χ1n) is 8.84. The predicted molar refractivity (Wildman–Crippen MR) is 121 cm³/mol. The first-order valence-corrected chi connectivity index (χ1v) is 10.8. The third-order valence-electron chi connectivity index (χ3n) is 4.72. The molecule has 4 rings (SSSR count). The summed E-state index contributed by atoms with van der Waals surface area (Å²) >= 11 is 12.9. The van der Waals surface area contributed by atoms with Crippen LogP contribution in [0.2, 0.25) is 5.02 Å². The van der Waals surface area contributed by atoms with Crippen LogP contribution in [0.4, 0.5) is 4.39 Å². The van der Waals surface area contributed by atoms with Gasteiger partial charge in [-0.25, -0.2) is 4.39 Å². The van der Waals surface area contributed by atoms with Gasteiger partial charge >= 0.3 is 0 Å². The molecule has 1 heterocycles. The lowest BCUT2D eigenvalue weighted by atomic mass is 9.98. The molecule has 3 nitrogen and oxygen atoms in total. The third-order valence-corrected chi connectivity index (χ3v) is 6.05. The molecule has 0 bridgehead atoms. The summed E-state index contributed by atoms with van der Waals surface area (Å²) in [4.78, 5) is 0. The molecule has 0 spiro atoms. The number of nitrogens with one attached hydrogen (secondary N) is 2. The lowest BCUT2D eigenvalue weighted by Gasteiger charge is -2.33. The van der Waals surface area contributed by atoms with E-state index in [0.29, 0.717) is 15.1 Å². The van der Waals surface area contributed by atoms with E-state index in [1.54, 1.807) is 30.3 Å².